The predicted octanol–water partition coefficient (Wildman–Crippen LogP) is 1.03. The Kier molecular flexibility index (Phi) is 5.30. The first-order valence-electron chi connectivity index (χ1n) is 3.70. The van der Waals surface area contributed by atoms with E-state index in [0.29, 0.717) is 5.56 Å². The minimum absolute atomic E-state index is 0.309. The van der Waals surface area contributed by atoms with Gasteiger partial charge in [0.15, 0.2) is 0 Å². The van der Waals surface area contributed by atoms with Gasteiger partial charge in [-0.1, -0.05) is 0 Å². The first kappa shape index (κ1) is 11.4. The summed E-state index contributed by atoms with van der Waals surface area (Å²) in [6, 6.07) is 6.58. The van der Waals surface area contributed by atoms with E-state index in [2.05, 4.69) is 5.32 Å². The molecule has 0 spiro atoms. The fraction of sp³-hybridized carbons (Fsp3) is 0.222. The van der Waals surface area contributed by atoms with E-state index >= 15 is 0 Å². The molecule has 1 rings (SSSR count). The van der Waals surface area contributed by atoms with Crippen LogP contribution in [0, 0.1) is 0 Å². The van der Waals surface area contributed by atoms with Crippen LogP contribution in [0.1, 0.15) is 10.4 Å². The number of rotatable bonds is 2. The fourth-order valence-electron chi connectivity index (χ4n) is 0.779. The minimum Gasteiger partial charge on any atom is -0.478 e. The monoisotopic (exact) mass is 183 g/mol. The van der Waals surface area contributed by atoms with Crippen molar-refractivity contribution in [3.05, 3.63) is 29.8 Å². The second-order valence-corrected chi connectivity index (χ2v) is 2.13. The Hall–Kier alpha value is -1.55. The Morgan fingerprint density at radius 3 is 2.00 bits per heavy atom. The highest BCUT2D eigenvalue weighted by Gasteiger charge is 1.99. The van der Waals surface area contributed by atoms with Gasteiger partial charge in [-0.3, -0.25) is 0 Å². The Labute approximate surface area is 76.8 Å². The van der Waals surface area contributed by atoms with Crippen LogP contribution in [0.2, 0.25) is 0 Å². The number of anilines is 1. The van der Waals surface area contributed by atoms with Crippen LogP contribution >= 0.6 is 0 Å². The van der Waals surface area contributed by atoms with E-state index in [1.807, 2.05) is 0 Å². The molecule has 72 valence electrons. The molecule has 0 unspecified atom stereocenters. The molecule has 1 aromatic rings. The van der Waals surface area contributed by atoms with Crippen LogP contribution in [-0.2, 0) is 0 Å². The Bertz CT molecular complexity index is 256. The Morgan fingerprint density at radius 1 is 1.23 bits per heavy atom. The normalized spacial score (nSPS) is 8.23. The van der Waals surface area contributed by atoms with E-state index in [1.165, 1.54) is 0 Å². The Morgan fingerprint density at radius 2 is 1.69 bits per heavy atom. The number of aliphatic hydroxyl groups is 1. The molecule has 0 saturated heterocycles. The highest BCUT2D eigenvalue weighted by molar-refractivity contribution is 5.87. The molecule has 4 heteroatoms. The number of nitrogens with one attached hydrogen (secondary N) is 1. The molecular weight excluding hydrogens is 170 g/mol. The number of hydrogen-bond donors (Lipinski definition) is 3. The van der Waals surface area contributed by atoms with Gasteiger partial charge in [-0.15, -0.1) is 0 Å². The van der Waals surface area contributed by atoms with Crippen LogP contribution in [0.5, 0.6) is 0 Å². The van der Waals surface area contributed by atoms with Gasteiger partial charge in [0.2, 0.25) is 0 Å². The van der Waals surface area contributed by atoms with Crippen molar-refractivity contribution >= 4 is 11.7 Å². The predicted molar refractivity (Wildman–Crippen MR) is 51.1 cm³/mol. The van der Waals surface area contributed by atoms with Crippen molar-refractivity contribution in [2.24, 2.45) is 0 Å². The van der Waals surface area contributed by atoms with Crippen molar-refractivity contribution < 1.29 is 15.0 Å². The molecular formula is C9H13NO3. The van der Waals surface area contributed by atoms with Gasteiger partial charge in [0.25, 0.3) is 0 Å². The molecule has 0 heterocycles. The number of aliphatic hydroxyl groups excluding tert-OH is 1. The lowest BCUT2D eigenvalue weighted by molar-refractivity contribution is 0.0697. The molecule has 0 amide bonds. The number of carboxylic acid groups (broad SMARTS) is 1. The number of aromatic carboxylic acids is 1. The smallest absolute Gasteiger partial charge is 0.335 e. The maximum absolute atomic E-state index is 10.4. The average molecular weight is 183 g/mol. The second kappa shape index (κ2) is 6.02. The number of hydrogen-bond acceptors (Lipinski definition) is 3. The quantitative estimate of drug-likeness (QED) is 0.640. The molecule has 0 saturated carbocycles. The van der Waals surface area contributed by atoms with Gasteiger partial charge in [-0.2, -0.15) is 0 Å². The third-order valence-electron chi connectivity index (χ3n) is 1.42. The van der Waals surface area contributed by atoms with Crippen molar-refractivity contribution in [3.8, 4) is 0 Å². The zero-order valence-corrected chi connectivity index (χ0v) is 7.61. The summed E-state index contributed by atoms with van der Waals surface area (Å²) in [6.45, 7) is 0. The highest BCUT2D eigenvalue weighted by atomic mass is 16.4. The molecule has 0 bridgehead atoms. The first-order valence-corrected chi connectivity index (χ1v) is 3.70. The number of carbonyl (C=O) groups is 1. The zero-order valence-electron chi connectivity index (χ0n) is 7.61. The van der Waals surface area contributed by atoms with Crippen molar-refractivity contribution in [1.29, 1.82) is 0 Å². The summed E-state index contributed by atoms with van der Waals surface area (Å²) < 4.78 is 0. The van der Waals surface area contributed by atoms with E-state index in [1.54, 1.807) is 31.3 Å². The van der Waals surface area contributed by atoms with Gasteiger partial charge in [0.05, 0.1) is 5.56 Å². The molecule has 0 aliphatic rings. The van der Waals surface area contributed by atoms with Crippen LogP contribution in [0.3, 0.4) is 0 Å². The molecule has 1 aromatic carbocycles. The largest absolute Gasteiger partial charge is 0.478 e. The number of benzene rings is 1. The van der Waals surface area contributed by atoms with Crippen LogP contribution in [0.4, 0.5) is 5.69 Å². The molecule has 4 nitrogen and oxygen atoms in total. The molecule has 0 fully saturated rings. The SMILES string of the molecule is CNc1ccc(C(=O)O)cc1.CO. The topological polar surface area (TPSA) is 69.6 Å². The van der Waals surface area contributed by atoms with Crippen molar-refractivity contribution in [3.63, 3.8) is 0 Å². The summed E-state index contributed by atoms with van der Waals surface area (Å²) in [7, 11) is 2.79. The molecule has 0 aromatic heterocycles. The van der Waals surface area contributed by atoms with Crippen LogP contribution < -0.4 is 5.32 Å². The van der Waals surface area contributed by atoms with Crippen molar-refractivity contribution in [2.45, 2.75) is 0 Å². The van der Waals surface area contributed by atoms with Gasteiger partial charge in [0, 0.05) is 19.8 Å². The summed E-state index contributed by atoms with van der Waals surface area (Å²) in [5.41, 5.74) is 1.22. The standard InChI is InChI=1S/C8H9NO2.CH4O/c1-9-7-4-2-6(3-5-7)8(10)11;1-2/h2-5,9H,1H3,(H,10,11);2H,1H3. The van der Waals surface area contributed by atoms with Gasteiger partial charge >= 0.3 is 5.97 Å². The van der Waals surface area contributed by atoms with E-state index in [4.69, 9.17) is 10.2 Å². The molecule has 3 N–H and O–H groups in total. The van der Waals surface area contributed by atoms with Crippen molar-refractivity contribution in [2.75, 3.05) is 19.5 Å². The molecule has 0 atom stereocenters. The van der Waals surface area contributed by atoms with Gasteiger partial charge in [0.1, 0.15) is 0 Å². The van der Waals surface area contributed by atoms with Crippen molar-refractivity contribution in [1.82, 2.24) is 0 Å². The maximum atomic E-state index is 10.4. The average Bonchev–Trinajstić information content (AvgIpc) is 2.21. The van der Waals surface area contributed by atoms with Gasteiger partial charge in [-0.25, -0.2) is 4.79 Å². The third-order valence-corrected chi connectivity index (χ3v) is 1.42. The van der Waals surface area contributed by atoms with E-state index in [0.717, 1.165) is 12.8 Å². The summed E-state index contributed by atoms with van der Waals surface area (Å²) in [6.07, 6.45) is 0. The summed E-state index contributed by atoms with van der Waals surface area (Å²) >= 11 is 0. The fourth-order valence-corrected chi connectivity index (χ4v) is 0.779. The van der Waals surface area contributed by atoms with Crippen LogP contribution in [-0.4, -0.2) is 30.3 Å². The minimum atomic E-state index is -0.896. The van der Waals surface area contributed by atoms with E-state index in [-0.39, 0.29) is 0 Å². The zero-order chi connectivity index (χ0) is 10.3. The second-order valence-electron chi connectivity index (χ2n) is 2.13. The van der Waals surface area contributed by atoms with E-state index < -0.39 is 5.97 Å². The summed E-state index contributed by atoms with van der Waals surface area (Å²) in [5, 5.41) is 18.4. The lowest BCUT2D eigenvalue weighted by Crippen LogP contribution is -1.96. The summed E-state index contributed by atoms with van der Waals surface area (Å²) in [4.78, 5) is 10.4. The lowest BCUT2D eigenvalue weighted by Gasteiger charge is -1.98. The molecule has 0 aliphatic heterocycles. The lowest BCUT2D eigenvalue weighted by atomic mass is 10.2. The summed E-state index contributed by atoms with van der Waals surface area (Å²) in [5.74, 6) is -0.896. The van der Waals surface area contributed by atoms with Crippen LogP contribution in [0.15, 0.2) is 24.3 Å². The molecule has 0 aliphatic carbocycles. The highest BCUT2D eigenvalue weighted by Crippen LogP contribution is 2.07. The Balaban J connectivity index is 0.000000671. The maximum Gasteiger partial charge on any atom is 0.335 e. The first-order chi connectivity index (χ1) is 6.24. The molecule has 13 heavy (non-hydrogen) atoms. The van der Waals surface area contributed by atoms with E-state index in [9.17, 15) is 4.79 Å². The van der Waals surface area contributed by atoms with Gasteiger partial charge < -0.3 is 15.5 Å². The third kappa shape index (κ3) is 3.57. The molecule has 0 radical (unpaired) electrons. The number of carboxylic acids is 1. The van der Waals surface area contributed by atoms with Crippen LogP contribution in [0.25, 0.3) is 0 Å². The van der Waals surface area contributed by atoms with Gasteiger partial charge in [-0.05, 0) is 24.3 Å².